The van der Waals surface area contributed by atoms with E-state index in [2.05, 4.69) is 74.4 Å². The fourth-order valence-corrected chi connectivity index (χ4v) is 4.26. The number of unbranched alkanes of at least 4 members (excludes halogenated alkanes) is 4. The molecule has 0 aliphatic heterocycles. The molecule has 2 heteroatoms. The second-order valence-electron chi connectivity index (χ2n) is 7.11. The lowest BCUT2D eigenvalue weighted by atomic mass is 10.0. The molecule has 0 aromatic heterocycles. The first kappa shape index (κ1) is 21.5. The predicted octanol–water partition coefficient (Wildman–Crippen LogP) is 6.39. The summed E-state index contributed by atoms with van der Waals surface area (Å²) < 4.78 is 1.29. The molecular weight excluding hydrogens is 405 g/mol. The average molecular weight is 440 g/mol. The van der Waals surface area contributed by atoms with Gasteiger partial charge in [-0.05, 0) is 56.6 Å². The second kappa shape index (κ2) is 11.2. The predicted molar refractivity (Wildman–Crippen MR) is 115 cm³/mol. The van der Waals surface area contributed by atoms with Gasteiger partial charge in [0.1, 0.15) is 6.54 Å². The number of terminal acetylenes is 1. The summed E-state index contributed by atoms with van der Waals surface area (Å²) in [5.74, 6) is 3.08. The summed E-state index contributed by atoms with van der Waals surface area (Å²) in [5.41, 5.74) is 4.32. The molecule has 0 aliphatic rings. The third-order valence-corrected chi connectivity index (χ3v) is 6.69. The first-order valence-corrected chi connectivity index (χ1v) is 10.8. The van der Waals surface area contributed by atoms with Crippen LogP contribution in [-0.2, 0) is 6.54 Å². The number of halogens is 1. The van der Waals surface area contributed by atoms with Crippen LogP contribution in [0.5, 0.6) is 0 Å². The molecule has 0 amide bonds. The molecule has 1 aromatic carbocycles. The van der Waals surface area contributed by atoms with Crippen LogP contribution >= 0.6 is 22.6 Å². The molecule has 0 bridgehead atoms. The van der Waals surface area contributed by atoms with Crippen LogP contribution in [-0.4, -0.2) is 21.6 Å². The number of benzene rings is 1. The fraction of sp³-hybridized carbons (Fsp3) is 0.636. The lowest BCUT2D eigenvalue weighted by Gasteiger charge is -2.41. The molecule has 0 spiro atoms. The first-order valence-electron chi connectivity index (χ1n) is 9.51. The van der Waals surface area contributed by atoms with E-state index in [9.17, 15) is 0 Å². The quantitative estimate of drug-likeness (QED) is 0.0934. The average Bonchev–Trinajstić information content (AvgIpc) is 2.57. The van der Waals surface area contributed by atoms with E-state index in [1.54, 1.807) is 0 Å². The maximum Gasteiger partial charge on any atom is 0.200 e. The van der Waals surface area contributed by atoms with E-state index in [0.717, 1.165) is 11.0 Å². The summed E-state index contributed by atoms with van der Waals surface area (Å²) in [7, 11) is 0. The molecule has 1 atom stereocenters. The standard InChI is InChI=1S/C22H35IN/c1-6-9-11-16-24(22(23)8-3,17-12-10-7-2)18-21-19(4)14-13-15-20(21)5/h3,13-15,22H,6-7,9-12,16-18H2,1-2,4-5H3/q+1. The van der Waals surface area contributed by atoms with E-state index >= 15 is 0 Å². The summed E-state index contributed by atoms with van der Waals surface area (Å²) in [6, 6.07) is 6.65. The van der Waals surface area contributed by atoms with Gasteiger partial charge in [0.2, 0.25) is 4.05 Å². The Labute approximate surface area is 164 Å². The van der Waals surface area contributed by atoms with Crippen LogP contribution in [0.15, 0.2) is 18.2 Å². The Morgan fingerprint density at radius 1 is 1.00 bits per heavy atom. The van der Waals surface area contributed by atoms with Gasteiger partial charge in [0.05, 0.1) is 13.1 Å². The number of nitrogens with zero attached hydrogens (tertiary/aromatic N) is 1. The van der Waals surface area contributed by atoms with Crippen molar-refractivity contribution in [3.63, 3.8) is 0 Å². The molecule has 0 saturated heterocycles. The minimum absolute atomic E-state index is 0.246. The molecule has 0 heterocycles. The molecule has 0 N–H and O–H groups in total. The van der Waals surface area contributed by atoms with Crippen molar-refractivity contribution in [3.8, 4) is 12.3 Å². The van der Waals surface area contributed by atoms with Crippen LogP contribution < -0.4 is 0 Å². The van der Waals surface area contributed by atoms with Crippen LogP contribution in [0.25, 0.3) is 0 Å². The van der Waals surface area contributed by atoms with Crippen molar-refractivity contribution in [3.05, 3.63) is 34.9 Å². The number of alkyl halides is 1. The van der Waals surface area contributed by atoms with Crippen molar-refractivity contribution in [2.75, 3.05) is 13.1 Å². The Morgan fingerprint density at radius 2 is 1.50 bits per heavy atom. The van der Waals surface area contributed by atoms with Crippen molar-refractivity contribution < 1.29 is 4.48 Å². The zero-order valence-electron chi connectivity index (χ0n) is 16.1. The lowest BCUT2D eigenvalue weighted by molar-refractivity contribution is -0.940. The lowest BCUT2D eigenvalue weighted by Crippen LogP contribution is -2.53. The molecule has 1 nitrogen and oxygen atoms in total. The number of aryl methyl sites for hydroxylation is 2. The molecule has 0 saturated carbocycles. The van der Waals surface area contributed by atoms with Gasteiger partial charge in [0.15, 0.2) is 0 Å². The van der Waals surface area contributed by atoms with E-state index in [0.29, 0.717) is 0 Å². The van der Waals surface area contributed by atoms with Crippen molar-refractivity contribution in [2.45, 2.75) is 76.8 Å². The van der Waals surface area contributed by atoms with Crippen LogP contribution in [0, 0.1) is 26.2 Å². The Bertz CT molecular complexity index is 499. The van der Waals surface area contributed by atoms with Crippen molar-refractivity contribution in [1.82, 2.24) is 0 Å². The van der Waals surface area contributed by atoms with E-state index < -0.39 is 0 Å². The van der Waals surface area contributed by atoms with Gasteiger partial charge < -0.3 is 0 Å². The van der Waals surface area contributed by atoms with E-state index in [-0.39, 0.29) is 4.05 Å². The summed E-state index contributed by atoms with van der Waals surface area (Å²) in [6.45, 7) is 12.5. The highest BCUT2D eigenvalue weighted by Gasteiger charge is 2.34. The van der Waals surface area contributed by atoms with Crippen molar-refractivity contribution >= 4 is 22.6 Å². The topological polar surface area (TPSA) is 0 Å². The highest BCUT2D eigenvalue weighted by molar-refractivity contribution is 14.1. The zero-order valence-corrected chi connectivity index (χ0v) is 18.2. The third kappa shape index (κ3) is 6.08. The van der Waals surface area contributed by atoms with Crippen LogP contribution in [0.1, 0.15) is 69.1 Å². The number of hydrogen-bond acceptors (Lipinski definition) is 0. The number of quaternary nitrogens is 1. The highest BCUT2D eigenvalue weighted by atomic mass is 127. The monoisotopic (exact) mass is 440 g/mol. The second-order valence-corrected chi connectivity index (χ2v) is 8.29. The molecule has 24 heavy (non-hydrogen) atoms. The Morgan fingerprint density at radius 3 is 1.92 bits per heavy atom. The SMILES string of the molecule is C#CC(I)[N+](CCCCC)(CCCCC)Cc1c(C)cccc1C. The minimum atomic E-state index is 0.246. The van der Waals surface area contributed by atoms with Gasteiger partial charge in [0, 0.05) is 28.2 Å². The fourth-order valence-electron chi connectivity index (χ4n) is 3.50. The summed E-state index contributed by atoms with van der Waals surface area (Å²) in [6.07, 6.45) is 13.6. The normalized spacial score (nSPS) is 12.8. The molecule has 0 fully saturated rings. The van der Waals surface area contributed by atoms with Crippen molar-refractivity contribution in [1.29, 1.82) is 0 Å². The Hall–Kier alpha value is -0.530. The van der Waals surface area contributed by atoms with Gasteiger partial charge in [-0.1, -0.05) is 44.9 Å². The van der Waals surface area contributed by atoms with Crippen molar-refractivity contribution in [2.24, 2.45) is 0 Å². The van der Waals surface area contributed by atoms with Gasteiger partial charge >= 0.3 is 0 Å². The molecule has 1 rings (SSSR count). The number of hydrogen-bond donors (Lipinski definition) is 0. The van der Waals surface area contributed by atoms with Crippen LogP contribution in [0.4, 0.5) is 0 Å². The maximum absolute atomic E-state index is 5.92. The third-order valence-electron chi connectivity index (χ3n) is 5.15. The molecule has 134 valence electrons. The molecule has 0 aliphatic carbocycles. The number of rotatable bonds is 11. The van der Waals surface area contributed by atoms with Crippen LogP contribution in [0.3, 0.4) is 0 Å². The van der Waals surface area contributed by atoms with Crippen LogP contribution in [0.2, 0.25) is 0 Å². The molecule has 0 radical (unpaired) electrons. The Kier molecular flexibility index (Phi) is 10.0. The van der Waals surface area contributed by atoms with Gasteiger partial charge in [-0.15, -0.1) is 6.42 Å². The van der Waals surface area contributed by atoms with E-state index in [4.69, 9.17) is 6.42 Å². The summed E-state index contributed by atoms with van der Waals surface area (Å²) in [5, 5.41) is 0. The van der Waals surface area contributed by atoms with E-state index in [1.807, 2.05) is 0 Å². The van der Waals surface area contributed by atoms with Gasteiger partial charge in [0.25, 0.3) is 0 Å². The maximum atomic E-state index is 5.92. The van der Waals surface area contributed by atoms with Gasteiger partial charge in [-0.2, -0.15) is 0 Å². The minimum Gasteiger partial charge on any atom is -0.299 e. The Balaban J connectivity index is 3.14. The van der Waals surface area contributed by atoms with Gasteiger partial charge in [-0.3, -0.25) is 4.48 Å². The van der Waals surface area contributed by atoms with E-state index in [1.165, 1.54) is 68.3 Å². The zero-order chi connectivity index (χ0) is 18.0. The molecule has 1 aromatic rings. The largest absolute Gasteiger partial charge is 0.299 e. The molecule has 1 unspecified atom stereocenters. The summed E-state index contributed by atoms with van der Waals surface area (Å²) >= 11 is 2.51. The van der Waals surface area contributed by atoms with Gasteiger partial charge in [-0.25, -0.2) is 0 Å². The smallest absolute Gasteiger partial charge is 0.200 e. The highest BCUT2D eigenvalue weighted by Crippen LogP contribution is 2.29. The summed E-state index contributed by atoms with van der Waals surface area (Å²) in [4.78, 5) is 0. The molecular formula is C22H35IN+. The first-order chi connectivity index (χ1) is 11.5.